The molecule has 5 nitrogen and oxygen atoms in total. The van der Waals surface area contributed by atoms with E-state index in [0.717, 1.165) is 24.7 Å². The van der Waals surface area contributed by atoms with Crippen molar-refractivity contribution in [3.05, 3.63) is 59.9 Å². The Morgan fingerprint density at radius 1 is 1.03 bits per heavy atom. The largest absolute Gasteiger partial charge is 0.372 e. The Labute approximate surface area is 171 Å². The van der Waals surface area contributed by atoms with Crippen LogP contribution >= 0.6 is 0 Å². The van der Waals surface area contributed by atoms with Gasteiger partial charge in [-0.15, -0.1) is 0 Å². The third kappa shape index (κ3) is 6.31. The summed E-state index contributed by atoms with van der Waals surface area (Å²) in [6, 6.07) is 14.2. The van der Waals surface area contributed by atoms with E-state index in [9.17, 15) is 14.0 Å². The van der Waals surface area contributed by atoms with Gasteiger partial charge in [-0.05, 0) is 61.1 Å². The SMILES string of the molecule is CC1CCN(c2ccc(NC(=O)CC(=O)NCCc3ccccc3F)cc2)CC1. The molecule has 1 aliphatic heterocycles. The molecular weight excluding hydrogens is 369 g/mol. The molecule has 0 radical (unpaired) electrons. The lowest BCUT2D eigenvalue weighted by Gasteiger charge is -2.32. The van der Waals surface area contributed by atoms with Crippen molar-refractivity contribution in [2.24, 2.45) is 5.92 Å². The maximum absolute atomic E-state index is 13.6. The van der Waals surface area contributed by atoms with Gasteiger partial charge in [0, 0.05) is 31.0 Å². The number of carbonyl (C=O) groups is 2. The molecule has 2 aromatic rings. The average Bonchev–Trinajstić information content (AvgIpc) is 2.70. The minimum absolute atomic E-state index is 0.261. The van der Waals surface area contributed by atoms with Crippen molar-refractivity contribution in [2.45, 2.75) is 32.6 Å². The number of piperidine rings is 1. The Bertz CT molecular complexity index is 830. The lowest BCUT2D eigenvalue weighted by atomic mass is 9.99. The van der Waals surface area contributed by atoms with Gasteiger partial charge in [-0.25, -0.2) is 4.39 Å². The van der Waals surface area contributed by atoms with Crippen molar-refractivity contribution in [2.75, 3.05) is 29.9 Å². The van der Waals surface area contributed by atoms with Gasteiger partial charge in [0.15, 0.2) is 0 Å². The molecule has 29 heavy (non-hydrogen) atoms. The minimum atomic E-state index is -0.377. The molecule has 0 saturated carbocycles. The summed E-state index contributed by atoms with van der Waals surface area (Å²) in [4.78, 5) is 26.4. The van der Waals surface area contributed by atoms with Crippen molar-refractivity contribution in [1.82, 2.24) is 5.32 Å². The number of hydrogen-bond acceptors (Lipinski definition) is 3. The third-order valence-corrected chi connectivity index (χ3v) is 5.30. The van der Waals surface area contributed by atoms with Crippen LogP contribution in [0.4, 0.5) is 15.8 Å². The van der Waals surface area contributed by atoms with Crippen molar-refractivity contribution in [3.8, 4) is 0 Å². The summed E-state index contributed by atoms with van der Waals surface area (Å²) in [7, 11) is 0. The highest BCUT2D eigenvalue weighted by molar-refractivity contribution is 6.03. The van der Waals surface area contributed by atoms with Gasteiger partial charge in [-0.3, -0.25) is 9.59 Å². The highest BCUT2D eigenvalue weighted by Crippen LogP contribution is 2.24. The zero-order chi connectivity index (χ0) is 20.6. The molecule has 0 bridgehead atoms. The summed E-state index contributed by atoms with van der Waals surface area (Å²) >= 11 is 0. The first-order valence-electron chi connectivity index (χ1n) is 10.2. The molecular formula is C23H28FN3O2. The first-order valence-corrected chi connectivity index (χ1v) is 10.2. The van der Waals surface area contributed by atoms with Crippen LogP contribution in [0.15, 0.2) is 48.5 Å². The van der Waals surface area contributed by atoms with E-state index in [1.54, 1.807) is 18.2 Å². The quantitative estimate of drug-likeness (QED) is 0.700. The van der Waals surface area contributed by atoms with Gasteiger partial charge in [0.05, 0.1) is 0 Å². The summed E-state index contributed by atoms with van der Waals surface area (Å²) in [5, 5.41) is 5.41. The average molecular weight is 397 g/mol. The third-order valence-electron chi connectivity index (χ3n) is 5.30. The molecule has 0 aromatic heterocycles. The van der Waals surface area contributed by atoms with Crippen LogP contribution in [-0.2, 0) is 16.0 Å². The van der Waals surface area contributed by atoms with Crippen molar-refractivity contribution < 1.29 is 14.0 Å². The number of halogens is 1. The van der Waals surface area contributed by atoms with Gasteiger partial charge in [0.25, 0.3) is 0 Å². The van der Waals surface area contributed by atoms with Crippen LogP contribution in [0.2, 0.25) is 0 Å². The monoisotopic (exact) mass is 397 g/mol. The van der Waals surface area contributed by atoms with Gasteiger partial charge in [0.1, 0.15) is 12.2 Å². The van der Waals surface area contributed by atoms with Gasteiger partial charge >= 0.3 is 0 Å². The van der Waals surface area contributed by atoms with Crippen LogP contribution < -0.4 is 15.5 Å². The molecule has 0 aliphatic carbocycles. The van der Waals surface area contributed by atoms with E-state index in [1.807, 2.05) is 24.3 Å². The number of benzene rings is 2. The van der Waals surface area contributed by atoms with E-state index in [2.05, 4.69) is 22.5 Å². The van der Waals surface area contributed by atoms with E-state index in [1.165, 1.54) is 18.9 Å². The van der Waals surface area contributed by atoms with Crippen molar-refractivity contribution >= 4 is 23.2 Å². The second kappa shape index (κ2) is 10.0. The van der Waals surface area contributed by atoms with Gasteiger partial charge in [-0.1, -0.05) is 25.1 Å². The molecule has 1 fully saturated rings. The highest BCUT2D eigenvalue weighted by Gasteiger charge is 2.16. The first kappa shape index (κ1) is 20.8. The fourth-order valence-electron chi connectivity index (χ4n) is 3.47. The lowest BCUT2D eigenvalue weighted by Crippen LogP contribution is -2.32. The molecule has 1 aliphatic rings. The number of carbonyl (C=O) groups excluding carboxylic acids is 2. The van der Waals surface area contributed by atoms with Gasteiger partial charge < -0.3 is 15.5 Å². The normalized spacial score (nSPS) is 14.5. The fourth-order valence-corrected chi connectivity index (χ4v) is 3.47. The maximum Gasteiger partial charge on any atom is 0.233 e. The summed E-state index contributed by atoms with van der Waals surface area (Å²) in [5.41, 5.74) is 2.37. The zero-order valence-corrected chi connectivity index (χ0v) is 16.8. The predicted molar refractivity (Wildman–Crippen MR) is 113 cm³/mol. The zero-order valence-electron chi connectivity index (χ0n) is 16.8. The van der Waals surface area contributed by atoms with Crippen LogP contribution in [-0.4, -0.2) is 31.4 Å². The molecule has 3 rings (SSSR count). The molecule has 2 aromatic carbocycles. The van der Waals surface area contributed by atoms with E-state index in [4.69, 9.17) is 0 Å². The summed E-state index contributed by atoms with van der Waals surface area (Å²) in [6.07, 6.45) is 2.52. The number of nitrogens with one attached hydrogen (secondary N) is 2. The van der Waals surface area contributed by atoms with Crippen molar-refractivity contribution in [3.63, 3.8) is 0 Å². The van der Waals surface area contributed by atoms with E-state index in [0.29, 0.717) is 17.7 Å². The van der Waals surface area contributed by atoms with Crippen LogP contribution in [0, 0.1) is 11.7 Å². The molecule has 6 heteroatoms. The van der Waals surface area contributed by atoms with Crippen LogP contribution in [0.25, 0.3) is 0 Å². The predicted octanol–water partition coefficient (Wildman–Crippen LogP) is 3.75. The Kier molecular flexibility index (Phi) is 7.22. The second-order valence-electron chi connectivity index (χ2n) is 7.63. The van der Waals surface area contributed by atoms with E-state index < -0.39 is 0 Å². The molecule has 1 saturated heterocycles. The molecule has 2 amide bonds. The highest BCUT2D eigenvalue weighted by atomic mass is 19.1. The first-order chi connectivity index (χ1) is 14.0. The summed E-state index contributed by atoms with van der Waals surface area (Å²) in [6.45, 7) is 4.68. The number of rotatable bonds is 7. The van der Waals surface area contributed by atoms with E-state index >= 15 is 0 Å². The molecule has 154 valence electrons. The second-order valence-corrected chi connectivity index (χ2v) is 7.63. The van der Waals surface area contributed by atoms with Gasteiger partial charge in [-0.2, -0.15) is 0 Å². The standard InChI is InChI=1S/C23H28FN3O2/c1-17-11-14-27(15-12-17)20-8-6-19(7-9-20)26-23(29)16-22(28)25-13-10-18-4-2-3-5-21(18)24/h2-9,17H,10-16H2,1H3,(H,25,28)(H,26,29). The molecule has 1 heterocycles. The number of anilines is 2. The molecule has 0 atom stereocenters. The molecule has 2 N–H and O–H groups in total. The fraction of sp³-hybridized carbons (Fsp3) is 0.391. The van der Waals surface area contributed by atoms with Crippen LogP contribution in [0.5, 0.6) is 0 Å². The Hall–Kier alpha value is -2.89. The smallest absolute Gasteiger partial charge is 0.233 e. The summed E-state index contributed by atoms with van der Waals surface area (Å²) in [5.74, 6) is -0.254. The minimum Gasteiger partial charge on any atom is -0.372 e. The maximum atomic E-state index is 13.6. The van der Waals surface area contributed by atoms with Crippen LogP contribution in [0.1, 0.15) is 31.7 Å². The molecule has 0 spiro atoms. The van der Waals surface area contributed by atoms with E-state index in [-0.39, 0.29) is 30.6 Å². The number of hydrogen-bond donors (Lipinski definition) is 2. The topological polar surface area (TPSA) is 61.4 Å². The van der Waals surface area contributed by atoms with Gasteiger partial charge in [0.2, 0.25) is 11.8 Å². The van der Waals surface area contributed by atoms with Crippen molar-refractivity contribution in [1.29, 1.82) is 0 Å². The van der Waals surface area contributed by atoms with Crippen LogP contribution in [0.3, 0.4) is 0 Å². The number of amides is 2. The Morgan fingerprint density at radius 3 is 2.41 bits per heavy atom. The summed E-state index contributed by atoms with van der Waals surface area (Å²) < 4.78 is 13.6. The lowest BCUT2D eigenvalue weighted by molar-refractivity contribution is -0.126. The Morgan fingerprint density at radius 2 is 1.72 bits per heavy atom. The Balaban J connectivity index is 1.40. The number of nitrogens with zero attached hydrogens (tertiary/aromatic N) is 1. The molecule has 0 unspecified atom stereocenters.